The predicted molar refractivity (Wildman–Crippen MR) is 78.6 cm³/mol. The number of aliphatic hydroxyl groups is 1. The van der Waals surface area contributed by atoms with Gasteiger partial charge in [-0.3, -0.25) is 0 Å². The Morgan fingerprint density at radius 2 is 2.00 bits per heavy atom. The van der Waals surface area contributed by atoms with Crippen molar-refractivity contribution in [2.75, 3.05) is 36.5 Å². The van der Waals surface area contributed by atoms with Gasteiger partial charge in [-0.2, -0.15) is 0 Å². The second-order valence-corrected chi connectivity index (χ2v) is 4.76. The first kappa shape index (κ1) is 13.7. The third-order valence-electron chi connectivity index (χ3n) is 3.32. The number of aliphatic hydroxyl groups excluding tert-OH is 1. The third kappa shape index (κ3) is 3.45. The quantitative estimate of drug-likeness (QED) is 0.861. The fraction of sp³-hybridized carbons (Fsp3) is 0.357. The van der Waals surface area contributed by atoms with Gasteiger partial charge < -0.3 is 20.1 Å². The topological polar surface area (TPSA) is 83.4 Å². The van der Waals surface area contributed by atoms with Gasteiger partial charge in [0.15, 0.2) is 0 Å². The van der Waals surface area contributed by atoms with Crippen LogP contribution < -0.4 is 10.2 Å². The monoisotopic (exact) mass is 287 g/mol. The van der Waals surface area contributed by atoms with Crippen LogP contribution in [0.2, 0.25) is 0 Å². The van der Waals surface area contributed by atoms with Crippen LogP contribution in [-0.2, 0) is 4.74 Å². The number of hydrogen-bond donors (Lipinski definition) is 2. The van der Waals surface area contributed by atoms with E-state index >= 15 is 0 Å². The normalized spacial score (nSPS) is 18.5. The lowest BCUT2D eigenvalue weighted by Gasteiger charge is -2.33. The summed E-state index contributed by atoms with van der Waals surface area (Å²) in [5.74, 6) is 0.518. The Morgan fingerprint density at radius 1 is 1.24 bits per heavy atom. The standard InChI is InChI=1S/C14H17N5O2/c20-8-13-7-19(5-6-21-13)12-3-1-11(2-4-12)18-14-16-9-15-10-17-14/h1-4,9-10,13,20H,5-8H2,(H,15,16,17,18). The first-order valence-electron chi connectivity index (χ1n) is 6.81. The van der Waals surface area contributed by atoms with E-state index in [4.69, 9.17) is 4.74 Å². The van der Waals surface area contributed by atoms with Crippen LogP contribution in [-0.4, -0.2) is 52.5 Å². The number of hydrogen-bond acceptors (Lipinski definition) is 7. The van der Waals surface area contributed by atoms with E-state index in [2.05, 4.69) is 25.2 Å². The molecule has 1 unspecified atom stereocenters. The van der Waals surface area contributed by atoms with E-state index in [1.165, 1.54) is 12.7 Å². The molecule has 0 bridgehead atoms. The van der Waals surface area contributed by atoms with Gasteiger partial charge in [0.25, 0.3) is 0 Å². The van der Waals surface area contributed by atoms with E-state index < -0.39 is 0 Å². The molecule has 0 spiro atoms. The van der Waals surface area contributed by atoms with Crippen LogP contribution in [0.3, 0.4) is 0 Å². The molecule has 3 rings (SSSR count). The number of nitrogens with zero attached hydrogens (tertiary/aromatic N) is 4. The summed E-state index contributed by atoms with van der Waals surface area (Å²) in [6.45, 7) is 2.22. The van der Waals surface area contributed by atoms with Crippen LogP contribution in [0.4, 0.5) is 17.3 Å². The summed E-state index contributed by atoms with van der Waals surface area (Å²) in [4.78, 5) is 14.0. The van der Waals surface area contributed by atoms with Crippen molar-refractivity contribution in [3.8, 4) is 0 Å². The highest BCUT2D eigenvalue weighted by molar-refractivity contribution is 5.59. The van der Waals surface area contributed by atoms with Crippen LogP contribution in [0.5, 0.6) is 0 Å². The smallest absolute Gasteiger partial charge is 0.230 e. The summed E-state index contributed by atoms with van der Waals surface area (Å²) in [6.07, 6.45) is 2.79. The van der Waals surface area contributed by atoms with Gasteiger partial charge in [0.2, 0.25) is 5.95 Å². The molecule has 0 amide bonds. The van der Waals surface area contributed by atoms with Crippen LogP contribution in [0.15, 0.2) is 36.9 Å². The van der Waals surface area contributed by atoms with E-state index in [1.54, 1.807) is 0 Å². The zero-order chi connectivity index (χ0) is 14.5. The molecule has 1 aromatic heterocycles. The van der Waals surface area contributed by atoms with Crippen LogP contribution >= 0.6 is 0 Å². The molecular weight excluding hydrogens is 270 g/mol. The lowest BCUT2D eigenvalue weighted by molar-refractivity contribution is 0.00357. The molecule has 1 saturated heterocycles. The summed E-state index contributed by atoms with van der Waals surface area (Å²) < 4.78 is 5.46. The maximum atomic E-state index is 9.18. The zero-order valence-electron chi connectivity index (χ0n) is 11.5. The van der Waals surface area contributed by atoms with Crippen LogP contribution in [0.1, 0.15) is 0 Å². The van der Waals surface area contributed by atoms with Crippen molar-refractivity contribution >= 4 is 17.3 Å². The Bertz CT molecular complexity index is 563. The number of rotatable bonds is 4. The van der Waals surface area contributed by atoms with E-state index in [1.807, 2.05) is 24.3 Å². The zero-order valence-corrected chi connectivity index (χ0v) is 11.5. The highest BCUT2D eigenvalue weighted by Crippen LogP contribution is 2.21. The molecule has 2 aromatic rings. The third-order valence-corrected chi connectivity index (χ3v) is 3.32. The fourth-order valence-electron chi connectivity index (χ4n) is 2.25. The largest absolute Gasteiger partial charge is 0.394 e. The molecule has 2 heterocycles. The second kappa shape index (κ2) is 6.47. The van der Waals surface area contributed by atoms with E-state index in [0.29, 0.717) is 19.1 Å². The molecule has 0 aliphatic carbocycles. The molecule has 7 nitrogen and oxygen atoms in total. The molecular formula is C14H17N5O2. The maximum Gasteiger partial charge on any atom is 0.230 e. The minimum absolute atomic E-state index is 0.0511. The van der Waals surface area contributed by atoms with Gasteiger partial charge in [-0.1, -0.05) is 0 Å². The van der Waals surface area contributed by atoms with Crippen molar-refractivity contribution in [1.82, 2.24) is 15.0 Å². The summed E-state index contributed by atoms with van der Waals surface area (Å²) in [5, 5.41) is 12.3. The average molecular weight is 287 g/mol. The number of benzene rings is 1. The first-order valence-corrected chi connectivity index (χ1v) is 6.81. The van der Waals surface area contributed by atoms with Crippen molar-refractivity contribution < 1.29 is 9.84 Å². The molecule has 21 heavy (non-hydrogen) atoms. The van der Waals surface area contributed by atoms with Gasteiger partial charge in [0.1, 0.15) is 12.7 Å². The molecule has 1 atom stereocenters. The number of aromatic nitrogens is 3. The molecule has 110 valence electrons. The van der Waals surface area contributed by atoms with Gasteiger partial charge in [-0.15, -0.1) is 0 Å². The predicted octanol–water partition coefficient (Wildman–Crippen LogP) is 0.813. The molecule has 0 saturated carbocycles. The van der Waals surface area contributed by atoms with Crippen LogP contribution in [0.25, 0.3) is 0 Å². The molecule has 0 radical (unpaired) electrons. The Hall–Kier alpha value is -2.25. The molecule has 1 fully saturated rings. The lowest BCUT2D eigenvalue weighted by Crippen LogP contribution is -2.44. The molecule has 2 N–H and O–H groups in total. The summed E-state index contributed by atoms with van der Waals surface area (Å²) >= 11 is 0. The maximum absolute atomic E-state index is 9.18. The second-order valence-electron chi connectivity index (χ2n) is 4.76. The van der Waals surface area contributed by atoms with E-state index in [9.17, 15) is 5.11 Å². The van der Waals surface area contributed by atoms with Crippen LogP contribution in [0, 0.1) is 0 Å². The van der Waals surface area contributed by atoms with Gasteiger partial charge in [0, 0.05) is 24.5 Å². The lowest BCUT2D eigenvalue weighted by atomic mass is 10.2. The van der Waals surface area contributed by atoms with Gasteiger partial charge in [-0.25, -0.2) is 15.0 Å². The van der Waals surface area contributed by atoms with Crippen molar-refractivity contribution in [2.24, 2.45) is 0 Å². The number of ether oxygens (including phenoxy) is 1. The van der Waals surface area contributed by atoms with E-state index in [0.717, 1.165) is 17.9 Å². The summed E-state index contributed by atoms with van der Waals surface area (Å²) in [7, 11) is 0. The van der Waals surface area contributed by atoms with Crippen molar-refractivity contribution in [3.63, 3.8) is 0 Å². The summed E-state index contributed by atoms with van der Waals surface area (Å²) in [6, 6.07) is 8.01. The Kier molecular flexibility index (Phi) is 4.23. The van der Waals surface area contributed by atoms with Crippen molar-refractivity contribution in [2.45, 2.75) is 6.10 Å². The molecule has 1 aliphatic heterocycles. The van der Waals surface area contributed by atoms with Crippen molar-refractivity contribution in [1.29, 1.82) is 0 Å². The van der Waals surface area contributed by atoms with Crippen molar-refractivity contribution in [3.05, 3.63) is 36.9 Å². The minimum atomic E-state index is -0.109. The average Bonchev–Trinajstić information content (AvgIpc) is 2.56. The molecule has 1 aliphatic rings. The Morgan fingerprint density at radius 3 is 2.71 bits per heavy atom. The first-order chi connectivity index (χ1) is 10.3. The highest BCUT2D eigenvalue weighted by atomic mass is 16.5. The Balaban J connectivity index is 1.66. The Labute approximate surface area is 122 Å². The SMILES string of the molecule is OCC1CN(c2ccc(Nc3ncncn3)cc2)CCO1. The molecule has 7 heteroatoms. The minimum Gasteiger partial charge on any atom is -0.394 e. The van der Waals surface area contributed by atoms with Gasteiger partial charge in [-0.05, 0) is 24.3 Å². The number of morpholine rings is 1. The fourth-order valence-corrected chi connectivity index (χ4v) is 2.25. The summed E-state index contributed by atoms with van der Waals surface area (Å²) in [5.41, 5.74) is 2.02. The number of anilines is 3. The van der Waals surface area contributed by atoms with E-state index in [-0.39, 0.29) is 12.7 Å². The van der Waals surface area contributed by atoms with Gasteiger partial charge >= 0.3 is 0 Å². The molecule has 1 aromatic carbocycles. The van der Waals surface area contributed by atoms with Gasteiger partial charge in [0.05, 0.1) is 19.3 Å². The number of nitrogens with one attached hydrogen (secondary N) is 1. The highest BCUT2D eigenvalue weighted by Gasteiger charge is 2.19.